The molecule has 0 bridgehead atoms. The van der Waals surface area contributed by atoms with E-state index in [4.69, 9.17) is 11.0 Å². The predicted molar refractivity (Wildman–Crippen MR) is 74.2 cm³/mol. The van der Waals surface area contributed by atoms with E-state index in [2.05, 4.69) is 5.10 Å². The third kappa shape index (κ3) is 2.25. The smallest absolute Gasteiger partial charge is 0.294 e. The molecule has 0 saturated heterocycles. The van der Waals surface area contributed by atoms with Gasteiger partial charge < -0.3 is 5.73 Å². The van der Waals surface area contributed by atoms with Gasteiger partial charge in [-0.3, -0.25) is 9.89 Å². The van der Waals surface area contributed by atoms with Crippen LogP contribution in [0, 0.1) is 11.3 Å². The van der Waals surface area contributed by atoms with Gasteiger partial charge >= 0.3 is 0 Å². The molecule has 0 amide bonds. The van der Waals surface area contributed by atoms with E-state index >= 15 is 0 Å². The fraction of sp³-hybridized carbons (Fsp3) is 0.286. The molecule has 0 spiro atoms. The Morgan fingerprint density at radius 1 is 1.37 bits per heavy atom. The summed E-state index contributed by atoms with van der Waals surface area (Å²) in [7, 11) is 0. The number of nitrogens with two attached hydrogens (primary N) is 1. The number of aromatic amines is 1. The van der Waals surface area contributed by atoms with E-state index in [1.807, 2.05) is 26.8 Å². The number of H-pyrrole nitrogens is 1. The number of hydrogen-bond acceptors (Lipinski definition) is 3. The molecule has 0 radical (unpaired) electrons. The first kappa shape index (κ1) is 13.0. The SMILES string of the molecule is CC(C)(C)c1[nH]n(-c2cccc(C#N)c2)c(=O)c1N. The van der Waals surface area contributed by atoms with E-state index in [0.29, 0.717) is 16.9 Å². The number of aromatic nitrogens is 2. The lowest BCUT2D eigenvalue weighted by atomic mass is 9.91. The lowest BCUT2D eigenvalue weighted by molar-refractivity contribution is 0.562. The van der Waals surface area contributed by atoms with Gasteiger partial charge in [0.1, 0.15) is 5.69 Å². The van der Waals surface area contributed by atoms with Crippen LogP contribution in [-0.2, 0) is 5.41 Å². The maximum atomic E-state index is 12.2. The minimum Gasteiger partial charge on any atom is -0.393 e. The van der Waals surface area contributed by atoms with Gasteiger partial charge in [-0.05, 0) is 18.2 Å². The van der Waals surface area contributed by atoms with E-state index in [0.717, 1.165) is 0 Å². The van der Waals surface area contributed by atoms with Crippen molar-refractivity contribution >= 4 is 5.69 Å². The lowest BCUT2D eigenvalue weighted by Gasteiger charge is -2.16. The lowest BCUT2D eigenvalue weighted by Crippen LogP contribution is -2.17. The zero-order chi connectivity index (χ0) is 14.2. The molecule has 0 aliphatic rings. The summed E-state index contributed by atoms with van der Waals surface area (Å²) in [4.78, 5) is 12.2. The van der Waals surface area contributed by atoms with Crippen LogP contribution in [-0.4, -0.2) is 9.78 Å². The van der Waals surface area contributed by atoms with Gasteiger partial charge in [0, 0.05) is 5.41 Å². The molecule has 3 N–H and O–H groups in total. The van der Waals surface area contributed by atoms with Crippen molar-refractivity contribution in [2.45, 2.75) is 26.2 Å². The van der Waals surface area contributed by atoms with Crippen LogP contribution in [0.4, 0.5) is 5.69 Å². The zero-order valence-corrected chi connectivity index (χ0v) is 11.2. The highest BCUT2D eigenvalue weighted by Gasteiger charge is 2.23. The summed E-state index contributed by atoms with van der Waals surface area (Å²) in [5, 5.41) is 11.9. The molecule has 5 heteroatoms. The fourth-order valence-electron chi connectivity index (χ4n) is 1.92. The first-order valence-electron chi connectivity index (χ1n) is 5.96. The molecule has 1 aromatic carbocycles. The van der Waals surface area contributed by atoms with Crippen LogP contribution in [0.25, 0.3) is 5.69 Å². The molecule has 2 rings (SSSR count). The van der Waals surface area contributed by atoms with E-state index in [9.17, 15) is 4.79 Å². The Bertz CT molecular complexity index is 710. The molecule has 1 aromatic heterocycles. The summed E-state index contributed by atoms with van der Waals surface area (Å²) in [6.07, 6.45) is 0. The average molecular weight is 256 g/mol. The number of nitrogens with one attached hydrogen (secondary N) is 1. The maximum absolute atomic E-state index is 12.2. The number of hydrogen-bond donors (Lipinski definition) is 2. The van der Waals surface area contributed by atoms with E-state index < -0.39 is 0 Å². The van der Waals surface area contributed by atoms with Crippen molar-refractivity contribution in [2.75, 3.05) is 5.73 Å². The van der Waals surface area contributed by atoms with Crippen molar-refractivity contribution in [2.24, 2.45) is 0 Å². The number of rotatable bonds is 1. The van der Waals surface area contributed by atoms with Crippen LogP contribution in [0.5, 0.6) is 0 Å². The number of nitrogens with zero attached hydrogens (tertiary/aromatic N) is 2. The van der Waals surface area contributed by atoms with Crippen molar-refractivity contribution in [3.63, 3.8) is 0 Å². The second-order valence-electron chi connectivity index (χ2n) is 5.45. The summed E-state index contributed by atoms with van der Waals surface area (Å²) in [6, 6.07) is 8.86. The Morgan fingerprint density at radius 2 is 2.05 bits per heavy atom. The third-order valence-electron chi connectivity index (χ3n) is 2.91. The Morgan fingerprint density at radius 3 is 2.58 bits per heavy atom. The van der Waals surface area contributed by atoms with Crippen molar-refractivity contribution in [1.29, 1.82) is 5.26 Å². The summed E-state index contributed by atoms with van der Waals surface area (Å²) < 4.78 is 1.37. The largest absolute Gasteiger partial charge is 0.393 e. The summed E-state index contributed by atoms with van der Waals surface area (Å²) in [5.41, 5.74) is 7.34. The molecular weight excluding hydrogens is 240 g/mol. The van der Waals surface area contributed by atoms with Crippen LogP contribution in [0.2, 0.25) is 0 Å². The van der Waals surface area contributed by atoms with Crippen LogP contribution in [0.1, 0.15) is 32.0 Å². The minimum absolute atomic E-state index is 0.217. The van der Waals surface area contributed by atoms with Gasteiger partial charge in [-0.15, -0.1) is 0 Å². The second kappa shape index (κ2) is 4.32. The van der Waals surface area contributed by atoms with Gasteiger partial charge in [-0.25, -0.2) is 4.68 Å². The number of nitriles is 1. The minimum atomic E-state index is -0.292. The molecule has 0 saturated carbocycles. The van der Waals surface area contributed by atoms with Crippen LogP contribution in [0.3, 0.4) is 0 Å². The molecule has 2 aromatic rings. The first-order valence-corrected chi connectivity index (χ1v) is 5.96. The van der Waals surface area contributed by atoms with Gasteiger partial charge in [0.05, 0.1) is 23.0 Å². The Kier molecular flexibility index (Phi) is 2.95. The molecule has 0 atom stereocenters. The van der Waals surface area contributed by atoms with Gasteiger partial charge in [0.15, 0.2) is 0 Å². The molecule has 5 nitrogen and oxygen atoms in total. The number of anilines is 1. The number of nitrogen functional groups attached to an aromatic ring is 1. The van der Waals surface area contributed by atoms with Crippen LogP contribution < -0.4 is 11.3 Å². The first-order chi connectivity index (χ1) is 8.84. The van der Waals surface area contributed by atoms with Gasteiger partial charge in [0.25, 0.3) is 5.56 Å². The highest BCUT2D eigenvalue weighted by Crippen LogP contribution is 2.24. The Hall–Kier alpha value is -2.48. The fourth-order valence-corrected chi connectivity index (χ4v) is 1.92. The van der Waals surface area contributed by atoms with Crippen molar-refractivity contribution in [1.82, 2.24) is 9.78 Å². The highest BCUT2D eigenvalue weighted by atomic mass is 16.1. The predicted octanol–water partition coefficient (Wildman–Crippen LogP) is 1.92. The molecule has 0 unspecified atom stereocenters. The molecule has 19 heavy (non-hydrogen) atoms. The maximum Gasteiger partial charge on any atom is 0.294 e. The van der Waals surface area contributed by atoms with Gasteiger partial charge in [-0.2, -0.15) is 5.26 Å². The topological polar surface area (TPSA) is 87.6 Å². The van der Waals surface area contributed by atoms with Crippen molar-refractivity contribution in [3.05, 3.63) is 45.9 Å². The summed E-state index contributed by atoms with van der Waals surface area (Å²) in [5.74, 6) is 0. The molecule has 98 valence electrons. The van der Waals surface area contributed by atoms with E-state index in [1.54, 1.807) is 24.3 Å². The summed E-state index contributed by atoms with van der Waals surface area (Å²) >= 11 is 0. The second-order valence-corrected chi connectivity index (χ2v) is 5.45. The van der Waals surface area contributed by atoms with Gasteiger partial charge in [0.2, 0.25) is 0 Å². The standard InChI is InChI=1S/C14H16N4O/c1-14(2,3)12-11(16)13(19)18(17-12)10-6-4-5-9(7-10)8-15/h4-7,17H,16H2,1-3H3. The zero-order valence-electron chi connectivity index (χ0n) is 11.2. The van der Waals surface area contributed by atoms with Gasteiger partial charge in [-0.1, -0.05) is 26.8 Å². The average Bonchev–Trinajstić information content (AvgIpc) is 2.66. The normalized spacial score (nSPS) is 11.3. The summed E-state index contributed by atoms with van der Waals surface area (Å²) in [6.45, 7) is 5.93. The van der Waals surface area contributed by atoms with Crippen molar-refractivity contribution in [3.8, 4) is 11.8 Å². The highest BCUT2D eigenvalue weighted by molar-refractivity contribution is 5.48. The van der Waals surface area contributed by atoms with Crippen molar-refractivity contribution < 1.29 is 0 Å². The number of benzene rings is 1. The van der Waals surface area contributed by atoms with E-state index in [-0.39, 0.29) is 16.7 Å². The molecule has 0 fully saturated rings. The molecule has 0 aliphatic carbocycles. The monoisotopic (exact) mass is 256 g/mol. The van der Waals surface area contributed by atoms with E-state index in [1.165, 1.54) is 4.68 Å². The third-order valence-corrected chi connectivity index (χ3v) is 2.91. The molecule has 0 aliphatic heterocycles. The Balaban J connectivity index is 2.65. The molecular formula is C14H16N4O. The van der Waals surface area contributed by atoms with Crippen LogP contribution >= 0.6 is 0 Å². The molecule has 1 heterocycles. The quantitative estimate of drug-likeness (QED) is 0.817. The van der Waals surface area contributed by atoms with Crippen LogP contribution in [0.15, 0.2) is 29.1 Å². The Labute approximate surface area is 111 Å².